The van der Waals surface area contributed by atoms with E-state index >= 15 is 0 Å². The van der Waals surface area contributed by atoms with E-state index in [0.717, 1.165) is 32.2 Å². The van der Waals surface area contributed by atoms with Crippen LogP contribution in [0.5, 0.6) is 0 Å². The zero-order valence-corrected chi connectivity index (χ0v) is 13.6. The molecule has 0 spiro atoms. The predicted molar refractivity (Wildman–Crippen MR) is 92.2 cm³/mol. The maximum atomic E-state index is 9.55. The van der Waals surface area contributed by atoms with Gasteiger partial charge in [-0.2, -0.15) is 0 Å². The van der Waals surface area contributed by atoms with Crippen LogP contribution in [0.15, 0.2) is 24.3 Å². The summed E-state index contributed by atoms with van der Waals surface area (Å²) in [7, 11) is 0. The first-order valence-corrected chi connectivity index (χ1v) is 9.06. The molecule has 0 unspecified atom stereocenters. The van der Waals surface area contributed by atoms with Gasteiger partial charge in [0.2, 0.25) is 0 Å². The predicted octanol–water partition coefficient (Wildman–Crippen LogP) is 3.46. The number of benzene rings is 1. The number of nitrogens with one attached hydrogen (secondary N) is 1. The van der Waals surface area contributed by atoms with Crippen LogP contribution in [-0.4, -0.2) is 30.3 Å². The normalized spacial score (nSPS) is 26.7. The van der Waals surface area contributed by atoms with Crippen molar-refractivity contribution < 1.29 is 5.11 Å². The first-order valence-electron chi connectivity index (χ1n) is 9.06. The van der Waals surface area contributed by atoms with Gasteiger partial charge in [0.1, 0.15) is 0 Å². The molecule has 1 saturated heterocycles. The van der Waals surface area contributed by atoms with E-state index in [9.17, 15) is 5.11 Å². The third kappa shape index (κ3) is 4.47. The molecular weight excluding hydrogens is 272 g/mol. The summed E-state index contributed by atoms with van der Waals surface area (Å²) < 4.78 is 0. The topological polar surface area (TPSA) is 35.5 Å². The number of rotatable bonds is 4. The molecule has 2 fully saturated rings. The van der Waals surface area contributed by atoms with Crippen LogP contribution in [0.1, 0.15) is 56.9 Å². The van der Waals surface area contributed by atoms with Crippen LogP contribution in [0.3, 0.4) is 0 Å². The molecule has 1 aromatic carbocycles. The maximum absolute atomic E-state index is 9.55. The summed E-state index contributed by atoms with van der Waals surface area (Å²) in [4.78, 5) is 2.53. The van der Waals surface area contributed by atoms with E-state index < -0.39 is 0 Å². The summed E-state index contributed by atoms with van der Waals surface area (Å²) >= 11 is 0. The molecule has 1 saturated carbocycles. The maximum Gasteiger partial charge on any atom is 0.0541 e. The lowest BCUT2D eigenvalue weighted by molar-refractivity contribution is 0.116. The lowest BCUT2D eigenvalue weighted by Crippen LogP contribution is -2.34. The summed E-state index contributed by atoms with van der Waals surface area (Å²) in [6.45, 7) is 3.37. The van der Waals surface area contributed by atoms with Crippen molar-refractivity contribution >= 4 is 5.69 Å². The average Bonchev–Trinajstić information content (AvgIpc) is 2.84. The number of nitrogens with zero attached hydrogens (tertiary/aromatic N) is 1. The van der Waals surface area contributed by atoms with E-state index in [1.54, 1.807) is 0 Å². The lowest BCUT2D eigenvalue weighted by atomic mass is 9.93. The highest BCUT2D eigenvalue weighted by Crippen LogP contribution is 2.21. The third-order valence-electron chi connectivity index (χ3n) is 5.20. The van der Waals surface area contributed by atoms with E-state index in [0.29, 0.717) is 6.04 Å². The minimum Gasteiger partial charge on any atom is -0.393 e. The van der Waals surface area contributed by atoms with E-state index in [2.05, 4.69) is 34.5 Å². The Morgan fingerprint density at radius 2 is 1.55 bits per heavy atom. The van der Waals surface area contributed by atoms with Gasteiger partial charge >= 0.3 is 0 Å². The Morgan fingerprint density at radius 1 is 0.909 bits per heavy atom. The van der Waals surface area contributed by atoms with Crippen LogP contribution in [-0.2, 0) is 6.54 Å². The van der Waals surface area contributed by atoms with Gasteiger partial charge in [0, 0.05) is 31.4 Å². The molecule has 1 aromatic rings. The van der Waals surface area contributed by atoms with Crippen LogP contribution < -0.4 is 10.2 Å². The Balaban J connectivity index is 1.48. The first-order chi connectivity index (χ1) is 10.8. The molecule has 3 nitrogen and oxygen atoms in total. The fraction of sp³-hybridized carbons (Fsp3) is 0.684. The second-order valence-corrected chi connectivity index (χ2v) is 6.95. The average molecular weight is 302 g/mol. The quantitative estimate of drug-likeness (QED) is 0.894. The molecule has 0 aromatic heterocycles. The van der Waals surface area contributed by atoms with Crippen molar-refractivity contribution in [2.24, 2.45) is 0 Å². The van der Waals surface area contributed by atoms with E-state index in [1.807, 2.05) is 0 Å². The van der Waals surface area contributed by atoms with Crippen molar-refractivity contribution in [3.63, 3.8) is 0 Å². The monoisotopic (exact) mass is 302 g/mol. The Kier molecular flexibility index (Phi) is 5.74. The number of aliphatic hydroxyl groups is 1. The number of hydrogen-bond acceptors (Lipinski definition) is 3. The molecule has 0 bridgehead atoms. The summed E-state index contributed by atoms with van der Waals surface area (Å²) in [6.07, 6.45) is 9.47. The highest BCUT2D eigenvalue weighted by Gasteiger charge is 2.18. The molecule has 1 aliphatic carbocycles. The molecule has 122 valence electrons. The second kappa shape index (κ2) is 7.98. The molecular formula is C19H30N2O. The zero-order valence-electron chi connectivity index (χ0n) is 13.6. The molecule has 3 rings (SSSR count). The molecule has 0 atom stereocenters. The summed E-state index contributed by atoms with van der Waals surface area (Å²) in [5.41, 5.74) is 2.75. The number of aliphatic hydroxyl groups excluding tert-OH is 1. The molecule has 2 N–H and O–H groups in total. The summed E-state index contributed by atoms with van der Waals surface area (Å²) in [5.74, 6) is 0. The van der Waals surface area contributed by atoms with E-state index in [1.165, 1.54) is 50.0 Å². The molecule has 2 aliphatic rings. The van der Waals surface area contributed by atoms with Crippen molar-refractivity contribution in [2.75, 3.05) is 18.0 Å². The van der Waals surface area contributed by atoms with Gasteiger partial charge in [-0.25, -0.2) is 0 Å². The second-order valence-electron chi connectivity index (χ2n) is 6.95. The van der Waals surface area contributed by atoms with Crippen LogP contribution in [0.2, 0.25) is 0 Å². The van der Waals surface area contributed by atoms with Gasteiger partial charge in [0.05, 0.1) is 6.10 Å². The number of hydrogen-bond donors (Lipinski definition) is 2. The lowest BCUT2D eigenvalue weighted by Gasteiger charge is -2.26. The Hall–Kier alpha value is -1.06. The molecule has 3 heteroatoms. The minimum atomic E-state index is -0.0639. The fourth-order valence-corrected chi connectivity index (χ4v) is 3.70. The van der Waals surface area contributed by atoms with Crippen molar-refractivity contribution in [3.8, 4) is 0 Å². The van der Waals surface area contributed by atoms with Gasteiger partial charge in [-0.3, -0.25) is 0 Å². The Bertz CT molecular complexity index is 429. The Morgan fingerprint density at radius 3 is 2.18 bits per heavy atom. The molecule has 1 heterocycles. The largest absolute Gasteiger partial charge is 0.393 e. The van der Waals surface area contributed by atoms with Gasteiger partial charge < -0.3 is 15.3 Å². The standard InChI is InChI=1S/C19H30N2O/c22-19-11-7-17(8-12-19)20-15-16-5-9-18(10-6-16)21-13-3-1-2-4-14-21/h5-6,9-10,17,19-20,22H,1-4,7-8,11-15H2. The minimum absolute atomic E-state index is 0.0639. The van der Waals surface area contributed by atoms with Crippen molar-refractivity contribution in [2.45, 2.75) is 70.1 Å². The zero-order chi connectivity index (χ0) is 15.2. The van der Waals surface area contributed by atoms with Crippen LogP contribution in [0.25, 0.3) is 0 Å². The molecule has 0 amide bonds. The van der Waals surface area contributed by atoms with E-state index in [-0.39, 0.29) is 6.10 Å². The van der Waals surface area contributed by atoms with Crippen LogP contribution >= 0.6 is 0 Å². The highest BCUT2D eigenvalue weighted by atomic mass is 16.3. The van der Waals surface area contributed by atoms with Crippen LogP contribution in [0.4, 0.5) is 5.69 Å². The third-order valence-corrected chi connectivity index (χ3v) is 5.20. The summed E-state index contributed by atoms with van der Waals surface area (Å²) in [5, 5.41) is 13.2. The van der Waals surface area contributed by atoms with Gasteiger partial charge in [-0.05, 0) is 56.2 Å². The van der Waals surface area contributed by atoms with Crippen LogP contribution in [0, 0.1) is 0 Å². The number of anilines is 1. The smallest absolute Gasteiger partial charge is 0.0541 e. The highest BCUT2D eigenvalue weighted by molar-refractivity contribution is 5.47. The van der Waals surface area contributed by atoms with Crippen molar-refractivity contribution in [3.05, 3.63) is 29.8 Å². The fourth-order valence-electron chi connectivity index (χ4n) is 3.70. The first kappa shape index (κ1) is 15.8. The molecule has 1 aliphatic heterocycles. The molecule has 22 heavy (non-hydrogen) atoms. The van der Waals surface area contributed by atoms with Crippen molar-refractivity contribution in [1.82, 2.24) is 5.32 Å². The van der Waals surface area contributed by atoms with Gasteiger partial charge in [0.25, 0.3) is 0 Å². The van der Waals surface area contributed by atoms with E-state index in [4.69, 9.17) is 0 Å². The van der Waals surface area contributed by atoms with Gasteiger partial charge in [-0.15, -0.1) is 0 Å². The molecule has 0 radical (unpaired) electrons. The SMILES string of the molecule is OC1CCC(NCc2ccc(N3CCCCCC3)cc2)CC1. The van der Waals surface area contributed by atoms with Gasteiger partial charge in [-0.1, -0.05) is 25.0 Å². The van der Waals surface area contributed by atoms with Crippen molar-refractivity contribution in [1.29, 1.82) is 0 Å². The van der Waals surface area contributed by atoms with Gasteiger partial charge in [0.15, 0.2) is 0 Å². The Labute approximate surface area is 134 Å². The summed E-state index contributed by atoms with van der Waals surface area (Å²) in [6, 6.07) is 9.68.